The van der Waals surface area contributed by atoms with E-state index in [1.165, 1.54) is 19.2 Å². The molecule has 2 rings (SSSR count). The predicted octanol–water partition coefficient (Wildman–Crippen LogP) is 2.96. The zero-order valence-electron chi connectivity index (χ0n) is 13.3. The van der Waals surface area contributed by atoms with Crippen LogP contribution in [0.4, 0.5) is 0 Å². The number of carboxylic acids is 1. The fourth-order valence-corrected chi connectivity index (χ4v) is 3.81. The van der Waals surface area contributed by atoms with Gasteiger partial charge < -0.3 is 5.11 Å². The molecule has 2 aromatic carbocycles. The van der Waals surface area contributed by atoms with E-state index in [9.17, 15) is 18.3 Å². The maximum atomic E-state index is 12.7. The molecule has 0 amide bonds. The Kier molecular flexibility index (Phi) is 5.64. The molecule has 0 radical (unpaired) electrons. The number of likely N-dealkylation sites (N-methyl/N-ethyl adjacent to an activating group) is 1. The van der Waals surface area contributed by atoms with E-state index < -0.39 is 22.0 Å². The van der Waals surface area contributed by atoms with Gasteiger partial charge in [0.2, 0.25) is 10.0 Å². The first kappa shape index (κ1) is 18.4. The largest absolute Gasteiger partial charge is 0.480 e. The predicted molar refractivity (Wildman–Crippen MR) is 92.7 cm³/mol. The van der Waals surface area contributed by atoms with Gasteiger partial charge in [-0.25, -0.2) is 8.42 Å². The van der Waals surface area contributed by atoms with Crippen LogP contribution >= 0.6 is 11.6 Å². The van der Waals surface area contributed by atoms with Gasteiger partial charge in [-0.2, -0.15) is 4.31 Å². The molecule has 0 saturated carbocycles. The summed E-state index contributed by atoms with van der Waals surface area (Å²) in [5.74, 6) is -1.23. The fourth-order valence-electron chi connectivity index (χ4n) is 2.29. The van der Waals surface area contributed by atoms with E-state index in [0.29, 0.717) is 10.6 Å². The topological polar surface area (TPSA) is 74.7 Å². The van der Waals surface area contributed by atoms with Crippen LogP contribution in [0.5, 0.6) is 0 Å². The number of rotatable bonds is 6. The molecule has 0 saturated heterocycles. The van der Waals surface area contributed by atoms with Crippen molar-refractivity contribution in [1.82, 2.24) is 4.31 Å². The van der Waals surface area contributed by atoms with Crippen LogP contribution in [0.1, 0.15) is 11.1 Å². The smallest absolute Gasteiger partial charge is 0.322 e. The number of hydrogen-bond acceptors (Lipinski definition) is 3. The lowest BCUT2D eigenvalue weighted by Gasteiger charge is -2.24. The number of benzene rings is 2. The number of aryl methyl sites for hydroxylation is 1. The van der Waals surface area contributed by atoms with Gasteiger partial charge in [-0.15, -0.1) is 0 Å². The van der Waals surface area contributed by atoms with Crippen molar-refractivity contribution in [3.05, 3.63) is 64.7 Å². The second-order valence-electron chi connectivity index (χ2n) is 5.48. The summed E-state index contributed by atoms with van der Waals surface area (Å²) in [4.78, 5) is 11.7. The quantitative estimate of drug-likeness (QED) is 0.851. The third kappa shape index (κ3) is 3.95. The summed E-state index contributed by atoms with van der Waals surface area (Å²) in [6.07, 6.45) is -0.0173. The molecule has 0 aliphatic carbocycles. The fraction of sp³-hybridized carbons (Fsp3) is 0.235. The van der Waals surface area contributed by atoms with Crippen LogP contribution in [0.15, 0.2) is 53.4 Å². The summed E-state index contributed by atoms with van der Waals surface area (Å²) < 4.78 is 26.3. The summed E-state index contributed by atoms with van der Waals surface area (Å²) in [5, 5.41) is 9.91. The Hall–Kier alpha value is -1.89. The molecule has 5 nitrogen and oxygen atoms in total. The summed E-state index contributed by atoms with van der Waals surface area (Å²) in [6, 6.07) is 11.8. The molecule has 0 unspecified atom stereocenters. The average molecular weight is 368 g/mol. The van der Waals surface area contributed by atoms with Crippen molar-refractivity contribution in [3.63, 3.8) is 0 Å². The van der Waals surface area contributed by atoms with Gasteiger partial charge >= 0.3 is 5.97 Å². The van der Waals surface area contributed by atoms with Crippen LogP contribution < -0.4 is 0 Å². The number of hydrogen-bond donors (Lipinski definition) is 1. The summed E-state index contributed by atoms with van der Waals surface area (Å²) in [5.41, 5.74) is 1.50. The first-order valence-corrected chi connectivity index (χ1v) is 9.06. The van der Waals surface area contributed by atoms with Crippen LogP contribution in [0.2, 0.25) is 5.02 Å². The Morgan fingerprint density at radius 2 is 1.75 bits per heavy atom. The number of nitrogens with zero attached hydrogens (tertiary/aromatic N) is 1. The van der Waals surface area contributed by atoms with E-state index in [4.69, 9.17) is 11.6 Å². The Balaban J connectivity index is 2.35. The van der Waals surface area contributed by atoms with Gasteiger partial charge in [-0.3, -0.25) is 4.79 Å². The van der Waals surface area contributed by atoms with E-state index >= 15 is 0 Å². The van der Waals surface area contributed by atoms with Crippen molar-refractivity contribution in [2.24, 2.45) is 0 Å². The molecule has 0 aliphatic heterocycles. The molecule has 2 aromatic rings. The molecular formula is C17H18ClNO4S. The van der Waals surface area contributed by atoms with E-state index in [-0.39, 0.29) is 11.3 Å². The van der Waals surface area contributed by atoms with Crippen LogP contribution in [0.3, 0.4) is 0 Å². The van der Waals surface area contributed by atoms with Crippen LogP contribution in [-0.2, 0) is 21.2 Å². The summed E-state index contributed by atoms with van der Waals surface area (Å²) in [7, 11) is -2.65. The number of halogens is 1. The highest BCUT2D eigenvalue weighted by Crippen LogP contribution is 2.22. The lowest BCUT2D eigenvalue weighted by molar-refractivity contribution is -0.141. The van der Waals surface area contributed by atoms with Gasteiger partial charge in [0.05, 0.1) is 4.90 Å². The van der Waals surface area contributed by atoms with Crippen molar-refractivity contribution in [1.29, 1.82) is 0 Å². The standard InChI is InChI=1S/C17H18ClNO4S/c1-12-7-9-14(10-8-12)24(22,23)19(2)16(17(20)21)11-13-5-3-4-6-15(13)18/h3-10,16H,11H2,1-2H3,(H,20,21)/t16-/m0/s1. The molecule has 24 heavy (non-hydrogen) atoms. The lowest BCUT2D eigenvalue weighted by Crippen LogP contribution is -2.43. The average Bonchev–Trinajstić information content (AvgIpc) is 2.53. The monoisotopic (exact) mass is 367 g/mol. The highest BCUT2D eigenvalue weighted by Gasteiger charge is 2.33. The van der Waals surface area contributed by atoms with Gasteiger partial charge in [-0.1, -0.05) is 47.5 Å². The molecule has 1 N–H and O–H groups in total. The zero-order valence-corrected chi connectivity index (χ0v) is 14.9. The number of carbonyl (C=O) groups is 1. The first-order valence-electron chi connectivity index (χ1n) is 7.24. The third-order valence-electron chi connectivity index (χ3n) is 3.79. The molecule has 0 fully saturated rings. The number of sulfonamides is 1. The van der Waals surface area contributed by atoms with Crippen LogP contribution in [0, 0.1) is 6.92 Å². The Morgan fingerprint density at radius 3 is 2.29 bits per heavy atom. The summed E-state index contributed by atoms with van der Waals surface area (Å²) >= 11 is 6.07. The van der Waals surface area contributed by atoms with Gasteiger partial charge in [0.15, 0.2) is 0 Å². The molecule has 128 valence electrons. The highest BCUT2D eigenvalue weighted by molar-refractivity contribution is 7.89. The molecule has 7 heteroatoms. The van der Waals surface area contributed by atoms with Crippen LogP contribution in [0.25, 0.3) is 0 Å². The third-order valence-corrected chi connectivity index (χ3v) is 6.04. The highest BCUT2D eigenvalue weighted by atomic mass is 35.5. The molecule has 1 atom stereocenters. The molecule has 0 spiro atoms. The van der Waals surface area contributed by atoms with Crippen molar-refractivity contribution in [3.8, 4) is 0 Å². The van der Waals surface area contributed by atoms with Gasteiger partial charge in [0, 0.05) is 18.5 Å². The maximum absolute atomic E-state index is 12.7. The van der Waals surface area contributed by atoms with Crippen molar-refractivity contribution >= 4 is 27.6 Å². The molecule has 0 aromatic heterocycles. The van der Waals surface area contributed by atoms with Gasteiger partial charge in [0.1, 0.15) is 6.04 Å². The van der Waals surface area contributed by atoms with E-state index in [0.717, 1.165) is 9.87 Å². The van der Waals surface area contributed by atoms with Gasteiger partial charge in [-0.05, 0) is 30.7 Å². The van der Waals surface area contributed by atoms with E-state index in [1.807, 2.05) is 6.92 Å². The Bertz CT molecular complexity index is 834. The minimum absolute atomic E-state index is 0.0173. The van der Waals surface area contributed by atoms with Crippen molar-refractivity contribution in [2.75, 3.05) is 7.05 Å². The second kappa shape index (κ2) is 7.34. The molecule has 0 bridgehead atoms. The number of aliphatic carboxylic acids is 1. The second-order valence-corrected chi connectivity index (χ2v) is 7.89. The van der Waals surface area contributed by atoms with E-state index in [2.05, 4.69) is 0 Å². The molecular weight excluding hydrogens is 350 g/mol. The van der Waals surface area contributed by atoms with E-state index in [1.54, 1.807) is 36.4 Å². The van der Waals surface area contributed by atoms with Crippen molar-refractivity contribution < 1.29 is 18.3 Å². The van der Waals surface area contributed by atoms with Gasteiger partial charge in [0.25, 0.3) is 0 Å². The Labute approximate surface area is 146 Å². The van der Waals surface area contributed by atoms with Crippen LogP contribution in [-0.4, -0.2) is 36.9 Å². The zero-order chi connectivity index (χ0) is 17.9. The normalized spacial score (nSPS) is 13.0. The Morgan fingerprint density at radius 1 is 1.17 bits per heavy atom. The molecule has 0 aliphatic rings. The minimum Gasteiger partial charge on any atom is -0.480 e. The lowest BCUT2D eigenvalue weighted by atomic mass is 10.1. The first-order chi connectivity index (χ1) is 11.2. The summed E-state index contributed by atoms with van der Waals surface area (Å²) in [6.45, 7) is 1.84. The SMILES string of the molecule is Cc1ccc(S(=O)(=O)N(C)[C@@H](Cc2ccccc2Cl)C(=O)O)cc1. The minimum atomic E-state index is -3.92. The number of carboxylic acid groups (broad SMARTS) is 1. The maximum Gasteiger partial charge on any atom is 0.322 e. The molecule has 0 heterocycles. The van der Waals surface area contributed by atoms with Crippen molar-refractivity contribution in [2.45, 2.75) is 24.3 Å².